The number of rotatable bonds is 6. The lowest BCUT2D eigenvalue weighted by Gasteiger charge is -2.22. The van der Waals surface area contributed by atoms with Gasteiger partial charge in [-0.15, -0.1) is 0 Å². The van der Waals surface area contributed by atoms with Crippen LogP contribution in [0.3, 0.4) is 0 Å². The Morgan fingerprint density at radius 3 is 2.69 bits per heavy atom. The van der Waals surface area contributed by atoms with Crippen LogP contribution in [0.4, 0.5) is 10.5 Å². The minimum absolute atomic E-state index is 0.136. The summed E-state index contributed by atoms with van der Waals surface area (Å²) < 4.78 is 10.1. The number of ether oxygens (including phenoxy) is 2. The standard InChI is InChI=1S/C22H25ClN2O4/c1-14(2)13-28-22(27)29-17-8-7-16(18(23)12-17)11-19(24)21(26)25-10-9-15-5-3-4-6-20(15)25/h3-8,12,14,19H,9-11,13,24H2,1-2H3/t19-/m1/s1. The summed E-state index contributed by atoms with van der Waals surface area (Å²) in [4.78, 5) is 26.2. The number of carbonyl (C=O) groups excluding carboxylic acids is 2. The number of anilines is 1. The SMILES string of the molecule is CC(C)COC(=O)Oc1ccc(C[C@@H](N)C(=O)N2CCc3ccccc32)c(Cl)c1. The molecule has 6 nitrogen and oxygen atoms in total. The fraction of sp³-hybridized carbons (Fsp3) is 0.364. The van der Waals surface area contributed by atoms with E-state index in [9.17, 15) is 9.59 Å². The second-order valence-corrected chi connectivity index (χ2v) is 7.90. The number of amides is 1. The van der Waals surface area contributed by atoms with Crippen molar-refractivity contribution in [3.8, 4) is 5.75 Å². The number of hydrogen-bond acceptors (Lipinski definition) is 5. The molecule has 1 heterocycles. The van der Waals surface area contributed by atoms with Gasteiger partial charge in [-0.2, -0.15) is 0 Å². The third-order valence-corrected chi connectivity index (χ3v) is 5.02. The zero-order valence-electron chi connectivity index (χ0n) is 16.6. The molecule has 0 spiro atoms. The summed E-state index contributed by atoms with van der Waals surface area (Å²) >= 11 is 6.32. The molecule has 0 fully saturated rings. The molecule has 0 unspecified atom stereocenters. The third kappa shape index (κ3) is 5.28. The quantitative estimate of drug-likeness (QED) is 0.569. The average molecular weight is 417 g/mol. The number of nitrogens with two attached hydrogens (primary N) is 1. The Kier molecular flexibility index (Phi) is 6.77. The van der Waals surface area contributed by atoms with Gasteiger partial charge in [0.05, 0.1) is 12.6 Å². The van der Waals surface area contributed by atoms with E-state index in [2.05, 4.69) is 0 Å². The van der Waals surface area contributed by atoms with E-state index in [0.717, 1.165) is 17.7 Å². The Labute approximate surface area is 175 Å². The largest absolute Gasteiger partial charge is 0.513 e. The maximum absolute atomic E-state index is 12.8. The van der Waals surface area contributed by atoms with Crippen molar-refractivity contribution < 1.29 is 19.1 Å². The van der Waals surface area contributed by atoms with Crippen molar-refractivity contribution in [3.63, 3.8) is 0 Å². The molecule has 2 N–H and O–H groups in total. The van der Waals surface area contributed by atoms with Crippen LogP contribution in [0.1, 0.15) is 25.0 Å². The number of para-hydroxylation sites is 1. The Hall–Kier alpha value is -2.57. The van der Waals surface area contributed by atoms with Crippen LogP contribution in [0.5, 0.6) is 5.75 Å². The Balaban J connectivity index is 1.61. The molecule has 154 valence electrons. The Bertz CT molecular complexity index is 900. The van der Waals surface area contributed by atoms with Gasteiger partial charge in [-0.1, -0.05) is 49.7 Å². The number of benzene rings is 2. The zero-order valence-corrected chi connectivity index (χ0v) is 17.3. The van der Waals surface area contributed by atoms with E-state index in [-0.39, 0.29) is 30.6 Å². The van der Waals surface area contributed by atoms with Crippen molar-refractivity contribution in [1.82, 2.24) is 0 Å². The number of carbonyl (C=O) groups is 2. The first-order valence-electron chi connectivity index (χ1n) is 9.63. The van der Waals surface area contributed by atoms with Crippen LogP contribution in [0.15, 0.2) is 42.5 Å². The number of fused-ring (bicyclic) bond motifs is 1. The molecule has 1 amide bonds. The fourth-order valence-corrected chi connectivity index (χ4v) is 3.46. The molecule has 1 aliphatic heterocycles. The van der Waals surface area contributed by atoms with Crippen molar-refractivity contribution in [2.24, 2.45) is 11.7 Å². The van der Waals surface area contributed by atoms with E-state index in [4.69, 9.17) is 26.8 Å². The van der Waals surface area contributed by atoms with Gasteiger partial charge in [0.25, 0.3) is 0 Å². The van der Waals surface area contributed by atoms with Gasteiger partial charge in [0.1, 0.15) is 5.75 Å². The summed E-state index contributed by atoms with van der Waals surface area (Å²) in [5, 5.41) is 0.379. The second kappa shape index (κ2) is 9.29. The summed E-state index contributed by atoms with van der Waals surface area (Å²) in [6.07, 6.45) is 0.338. The van der Waals surface area contributed by atoms with Gasteiger partial charge in [-0.05, 0) is 48.1 Å². The van der Waals surface area contributed by atoms with E-state index < -0.39 is 12.2 Å². The summed E-state index contributed by atoms with van der Waals surface area (Å²) in [6.45, 7) is 4.78. The zero-order chi connectivity index (χ0) is 21.0. The number of nitrogens with zero attached hydrogens (tertiary/aromatic N) is 1. The molecular weight excluding hydrogens is 392 g/mol. The molecule has 0 radical (unpaired) electrons. The van der Waals surface area contributed by atoms with Gasteiger partial charge in [0, 0.05) is 17.3 Å². The molecule has 29 heavy (non-hydrogen) atoms. The molecule has 7 heteroatoms. The first kappa shape index (κ1) is 21.1. The van der Waals surface area contributed by atoms with Gasteiger partial charge in [-0.3, -0.25) is 4.79 Å². The van der Waals surface area contributed by atoms with Crippen molar-refractivity contribution in [2.45, 2.75) is 32.7 Å². The first-order chi connectivity index (χ1) is 13.8. The van der Waals surface area contributed by atoms with Crippen LogP contribution in [-0.2, 0) is 22.4 Å². The van der Waals surface area contributed by atoms with Crippen LogP contribution in [0.25, 0.3) is 0 Å². The third-order valence-electron chi connectivity index (χ3n) is 4.67. The van der Waals surface area contributed by atoms with Crippen molar-refractivity contribution >= 4 is 29.4 Å². The molecule has 2 aromatic rings. The average Bonchev–Trinajstić information content (AvgIpc) is 3.12. The lowest BCUT2D eigenvalue weighted by atomic mass is 10.0. The highest BCUT2D eigenvalue weighted by atomic mass is 35.5. The summed E-state index contributed by atoms with van der Waals surface area (Å²) in [7, 11) is 0. The van der Waals surface area contributed by atoms with Crippen LogP contribution in [-0.4, -0.2) is 31.3 Å². The minimum Gasteiger partial charge on any atom is -0.434 e. The van der Waals surface area contributed by atoms with E-state index >= 15 is 0 Å². The Morgan fingerprint density at radius 1 is 1.21 bits per heavy atom. The van der Waals surface area contributed by atoms with Gasteiger partial charge >= 0.3 is 6.16 Å². The van der Waals surface area contributed by atoms with Crippen molar-refractivity contribution in [3.05, 3.63) is 58.6 Å². The fourth-order valence-electron chi connectivity index (χ4n) is 3.21. The van der Waals surface area contributed by atoms with Gasteiger partial charge < -0.3 is 20.1 Å². The highest BCUT2D eigenvalue weighted by Gasteiger charge is 2.28. The predicted molar refractivity (Wildman–Crippen MR) is 112 cm³/mol. The highest BCUT2D eigenvalue weighted by Crippen LogP contribution is 2.29. The highest BCUT2D eigenvalue weighted by molar-refractivity contribution is 6.31. The summed E-state index contributed by atoms with van der Waals surface area (Å²) in [5.41, 5.74) is 8.97. The first-order valence-corrected chi connectivity index (χ1v) is 10.0. The normalized spacial score (nSPS) is 13.9. The maximum Gasteiger partial charge on any atom is 0.513 e. The topological polar surface area (TPSA) is 81.9 Å². The molecule has 0 saturated heterocycles. The van der Waals surface area contributed by atoms with Crippen molar-refractivity contribution in [1.29, 1.82) is 0 Å². The van der Waals surface area contributed by atoms with Crippen LogP contribution >= 0.6 is 11.6 Å². The molecule has 1 aliphatic rings. The summed E-state index contributed by atoms with van der Waals surface area (Å²) in [6, 6.07) is 12.0. The van der Waals surface area contributed by atoms with Crippen LogP contribution < -0.4 is 15.4 Å². The van der Waals surface area contributed by atoms with Crippen LogP contribution in [0, 0.1) is 5.92 Å². The van der Waals surface area contributed by atoms with E-state index in [1.54, 1.807) is 17.0 Å². The van der Waals surface area contributed by atoms with Crippen molar-refractivity contribution in [2.75, 3.05) is 18.1 Å². The van der Waals surface area contributed by atoms with Crippen LogP contribution in [0.2, 0.25) is 5.02 Å². The lowest BCUT2D eigenvalue weighted by molar-refractivity contribution is -0.119. The number of hydrogen-bond donors (Lipinski definition) is 1. The molecule has 1 atom stereocenters. The summed E-state index contributed by atoms with van der Waals surface area (Å²) in [5.74, 6) is 0.361. The van der Waals surface area contributed by atoms with E-state index in [1.165, 1.54) is 6.07 Å². The predicted octanol–water partition coefficient (Wildman–Crippen LogP) is 3.97. The van der Waals surface area contributed by atoms with E-state index in [1.807, 2.05) is 38.1 Å². The molecular formula is C22H25ClN2O4. The Morgan fingerprint density at radius 2 is 1.97 bits per heavy atom. The van der Waals surface area contributed by atoms with Gasteiger partial charge in [-0.25, -0.2) is 4.79 Å². The lowest BCUT2D eigenvalue weighted by Crippen LogP contribution is -2.44. The number of halogens is 1. The van der Waals surface area contributed by atoms with E-state index in [0.29, 0.717) is 17.1 Å². The monoisotopic (exact) mass is 416 g/mol. The maximum atomic E-state index is 12.8. The minimum atomic E-state index is -0.776. The molecule has 3 rings (SSSR count). The second-order valence-electron chi connectivity index (χ2n) is 7.49. The molecule has 0 aromatic heterocycles. The molecule has 0 bridgehead atoms. The molecule has 0 aliphatic carbocycles. The molecule has 0 saturated carbocycles. The molecule has 2 aromatic carbocycles. The van der Waals surface area contributed by atoms with Gasteiger partial charge in [0.15, 0.2) is 0 Å². The smallest absolute Gasteiger partial charge is 0.434 e. The van der Waals surface area contributed by atoms with Gasteiger partial charge in [0.2, 0.25) is 5.91 Å².